The lowest BCUT2D eigenvalue weighted by molar-refractivity contribution is 0.338. The summed E-state index contributed by atoms with van der Waals surface area (Å²) < 4.78 is 7.43. The van der Waals surface area contributed by atoms with Crippen molar-refractivity contribution in [3.05, 3.63) is 49.6 Å². The Kier molecular flexibility index (Phi) is 4.80. The molecule has 0 fully saturated rings. The second kappa shape index (κ2) is 6.58. The molecule has 20 heavy (non-hydrogen) atoms. The molecule has 0 aliphatic rings. The van der Waals surface area contributed by atoms with Gasteiger partial charge in [0.25, 0.3) is 5.56 Å². The molecule has 0 aliphatic heterocycles. The fraction of sp³-hybridized carbons (Fsp3) is 0.167. The van der Waals surface area contributed by atoms with E-state index in [1.165, 1.54) is 6.21 Å². The molecule has 0 unspecified atom stereocenters. The maximum atomic E-state index is 11.5. The third-order valence-corrected chi connectivity index (χ3v) is 3.20. The first-order valence-electron chi connectivity index (χ1n) is 5.75. The van der Waals surface area contributed by atoms with E-state index >= 15 is 0 Å². The monoisotopic (exact) mass is 354 g/mol. The number of aromatic amines is 1. The van der Waals surface area contributed by atoms with E-state index in [2.05, 4.69) is 31.2 Å². The van der Waals surface area contributed by atoms with Crippen molar-refractivity contribution in [2.75, 3.05) is 6.61 Å². The molecule has 0 saturated carbocycles. The molecular formula is C12H11BrN4O2S. The van der Waals surface area contributed by atoms with Gasteiger partial charge in [-0.3, -0.25) is 9.89 Å². The number of aromatic nitrogens is 3. The Morgan fingerprint density at radius 3 is 3.05 bits per heavy atom. The number of nitrogens with zero attached hydrogens (tertiary/aromatic N) is 3. The van der Waals surface area contributed by atoms with Gasteiger partial charge in [-0.2, -0.15) is 14.9 Å². The zero-order chi connectivity index (χ0) is 14.5. The summed E-state index contributed by atoms with van der Waals surface area (Å²) in [6.07, 6.45) is 2.65. The van der Waals surface area contributed by atoms with Crippen molar-refractivity contribution in [1.29, 1.82) is 0 Å². The molecule has 2 rings (SSSR count). The molecule has 0 bridgehead atoms. The molecule has 1 N–H and O–H groups in total. The van der Waals surface area contributed by atoms with Crippen LogP contribution in [0.4, 0.5) is 0 Å². The molecule has 0 radical (unpaired) electrons. The lowest BCUT2D eigenvalue weighted by atomic mass is 10.2. The number of halogens is 1. The minimum Gasteiger partial charge on any atom is -0.493 e. The Morgan fingerprint density at radius 1 is 1.60 bits per heavy atom. The second-order valence-corrected chi connectivity index (χ2v) is 4.93. The fourth-order valence-electron chi connectivity index (χ4n) is 1.45. The third-order valence-electron chi connectivity index (χ3n) is 2.31. The molecule has 0 saturated heterocycles. The van der Waals surface area contributed by atoms with Crippen molar-refractivity contribution in [3.8, 4) is 5.75 Å². The summed E-state index contributed by atoms with van der Waals surface area (Å²) in [4.78, 5) is 11.5. The molecule has 1 heterocycles. The van der Waals surface area contributed by atoms with Gasteiger partial charge in [0.05, 0.1) is 17.3 Å². The Bertz CT molecular complexity index is 725. The van der Waals surface area contributed by atoms with E-state index in [-0.39, 0.29) is 4.77 Å². The maximum Gasteiger partial charge on any atom is 0.293 e. The van der Waals surface area contributed by atoms with Gasteiger partial charge in [0, 0.05) is 0 Å². The second-order valence-electron chi connectivity index (χ2n) is 3.69. The van der Waals surface area contributed by atoms with Gasteiger partial charge >= 0.3 is 0 Å². The highest BCUT2D eigenvalue weighted by Crippen LogP contribution is 2.25. The Labute approximate surface area is 128 Å². The summed E-state index contributed by atoms with van der Waals surface area (Å²) in [5, 5.41) is 10.1. The first-order valence-corrected chi connectivity index (χ1v) is 6.95. The lowest BCUT2D eigenvalue weighted by Gasteiger charge is -2.05. The SMILES string of the molecule is CCOc1ccc(/C=N\n2c(=O)cn[nH]c2=S)cc1Br. The van der Waals surface area contributed by atoms with Gasteiger partial charge in [0.2, 0.25) is 4.77 Å². The topological polar surface area (TPSA) is 72.3 Å². The number of ether oxygens (including phenoxy) is 1. The minimum atomic E-state index is -0.394. The highest BCUT2D eigenvalue weighted by molar-refractivity contribution is 9.10. The number of rotatable bonds is 4. The minimum absolute atomic E-state index is 0.138. The number of nitrogens with one attached hydrogen (secondary N) is 1. The summed E-state index contributed by atoms with van der Waals surface area (Å²) in [6, 6.07) is 5.50. The number of benzene rings is 1. The fourth-order valence-corrected chi connectivity index (χ4v) is 2.15. The van der Waals surface area contributed by atoms with E-state index < -0.39 is 5.56 Å². The summed E-state index contributed by atoms with van der Waals surface area (Å²) in [5.74, 6) is 0.753. The molecule has 0 aliphatic carbocycles. The van der Waals surface area contributed by atoms with Crippen LogP contribution in [0.5, 0.6) is 5.75 Å². The molecule has 0 amide bonds. The van der Waals surface area contributed by atoms with E-state index in [1.807, 2.05) is 25.1 Å². The number of H-pyrrole nitrogens is 1. The molecule has 0 spiro atoms. The van der Waals surface area contributed by atoms with Gasteiger partial charge in [-0.25, -0.2) is 0 Å². The van der Waals surface area contributed by atoms with Crippen LogP contribution >= 0.6 is 28.1 Å². The van der Waals surface area contributed by atoms with Crippen molar-refractivity contribution in [1.82, 2.24) is 14.9 Å². The highest BCUT2D eigenvalue weighted by atomic mass is 79.9. The van der Waals surface area contributed by atoms with E-state index in [1.54, 1.807) is 0 Å². The van der Waals surface area contributed by atoms with Crippen LogP contribution in [-0.4, -0.2) is 27.7 Å². The lowest BCUT2D eigenvalue weighted by Crippen LogP contribution is -2.18. The standard InChI is InChI=1S/C12H11BrN4O2S/c1-2-19-10-4-3-8(5-9(10)13)6-15-17-11(18)7-14-16-12(17)20/h3-7H,2H2,1H3,(H,16,20)/b15-6-. The average Bonchev–Trinajstić information content (AvgIpc) is 2.41. The van der Waals surface area contributed by atoms with Gasteiger partial charge in [0.15, 0.2) is 0 Å². The highest BCUT2D eigenvalue weighted by Gasteiger charge is 2.01. The molecule has 1 aromatic heterocycles. The smallest absolute Gasteiger partial charge is 0.293 e. The van der Waals surface area contributed by atoms with Gasteiger partial charge in [-0.1, -0.05) is 0 Å². The van der Waals surface area contributed by atoms with Crippen LogP contribution in [0.2, 0.25) is 0 Å². The van der Waals surface area contributed by atoms with Crippen molar-refractivity contribution in [3.63, 3.8) is 0 Å². The zero-order valence-corrected chi connectivity index (χ0v) is 12.9. The summed E-state index contributed by atoms with van der Waals surface area (Å²) >= 11 is 8.35. The molecule has 8 heteroatoms. The molecule has 1 aromatic carbocycles. The summed E-state index contributed by atoms with van der Waals surface area (Å²) in [7, 11) is 0. The Hall–Kier alpha value is -1.80. The van der Waals surface area contributed by atoms with Gasteiger partial charge < -0.3 is 4.74 Å². The van der Waals surface area contributed by atoms with Gasteiger partial charge in [-0.15, -0.1) is 0 Å². The average molecular weight is 355 g/mol. The van der Waals surface area contributed by atoms with E-state index in [0.717, 1.165) is 26.7 Å². The van der Waals surface area contributed by atoms with E-state index in [4.69, 9.17) is 17.0 Å². The molecule has 104 valence electrons. The molecule has 6 nitrogen and oxygen atoms in total. The normalized spacial score (nSPS) is 10.9. The van der Waals surface area contributed by atoms with Crippen LogP contribution in [0.1, 0.15) is 12.5 Å². The first-order chi connectivity index (χ1) is 9.61. The summed E-state index contributed by atoms with van der Waals surface area (Å²) in [5.41, 5.74) is 0.411. The quantitative estimate of drug-likeness (QED) is 0.675. The molecule has 2 aromatic rings. The predicted octanol–water partition coefficient (Wildman–Crippen LogP) is 2.34. The zero-order valence-electron chi connectivity index (χ0n) is 10.5. The van der Waals surface area contributed by atoms with Crippen LogP contribution in [0.25, 0.3) is 0 Å². The molecular weight excluding hydrogens is 344 g/mol. The van der Waals surface area contributed by atoms with Gasteiger partial charge in [-0.05, 0) is 58.8 Å². The van der Waals surface area contributed by atoms with Crippen molar-refractivity contribution >= 4 is 34.4 Å². The van der Waals surface area contributed by atoms with Crippen LogP contribution in [-0.2, 0) is 0 Å². The van der Waals surface area contributed by atoms with Crippen molar-refractivity contribution in [2.45, 2.75) is 6.92 Å². The first kappa shape index (κ1) is 14.6. The Balaban J connectivity index is 2.30. The van der Waals surface area contributed by atoms with E-state index in [9.17, 15) is 4.79 Å². The van der Waals surface area contributed by atoms with Crippen LogP contribution < -0.4 is 10.3 Å². The van der Waals surface area contributed by atoms with Gasteiger partial charge in [0.1, 0.15) is 11.9 Å². The molecule has 0 atom stereocenters. The van der Waals surface area contributed by atoms with Crippen LogP contribution in [0.15, 0.2) is 38.8 Å². The van der Waals surface area contributed by atoms with Crippen LogP contribution in [0.3, 0.4) is 0 Å². The number of hydrogen-bond acceptors (Lipinski definition) is 5. The van der Waals surface area contributed by atoms with Crippen molar-refractivity contribution < 1.29 is 4.74 Å². The van der Waals surface area contributed by atoms with Crippen LogP contribution in [0, 0.1) is 4.77 Å². The Morgan fingerprint density at radius 2 is 2.40 bits per heavy atom. The maximum absolute atomic E-state index is 11.5. The number of hydrogen-bond donors (Lipinski definition) is 1. The van der Waals surface area contributed by atoms with Crippen molar-refractivity contribution in [2.24, 2.45) is 5.10 Å². The predicted molar refractivity (Wildman–Crippen MR) is 82.0 cm³/mol. The largest absolute Gasteiger partial charge is 0.493 e. The summed E-state index contributed by atoms with van der Waals surface area (Å²) in [6.45, 7) is 2.51. The van der Waals surface area contributed by atoms with E-state index in [0.29, 0.717) is 6.61 Å². The third kappa shape index (κ3) is 3.40.